The van der Waals surface area contributed by atoms with Gasteiger partial charge in [0.2, 0.25) is 0 Å². The van der Waals surface area contributed by atoms with Gasteiger partial charge < -0.3 is 0 Å². The fourth-order valence-electron chi connectivity index (χ4n) is 2.42. The number of carbonyl (C=O) groups excluding carboxylic acids is 1. The van der Waals surface area contributed by atoms with E-state index in [1.54, 1.807) is 0 Å². The largest absolute Gasteiger partial charge is 0.300 e. The molecule has 2 rings (SSSR count). The Balaban J connectivity index is 2.02. The second kappa shape index (κ2) is 2.33. The quantitative estimate of drug-likeness (QED) is 0.564. The Bertz CT molecular complexity index is 179. The third-order valence-corrected chi connectivity index (χ3v) is 3.34. The molecule has 1 spiro atoms. The van der Waals surface area contributed by atoms with E-state index in [0.717, 1.165) is 18.8 Å². The smallest absolute Gasteiger partial charge is 0.133 e. The topological polar surface area (TPSA) is 17.1 Å². The minimum absolute atomic E-state index is 0.524. The maximum Gasteiger partial charge on any atom is 0.133 e. The standard InChI is InChI=1S/C10H16O/c1-2-8-5-9(11)7-10(6-8)3-4-10/h8H,2-7H2,1H3. The van der Waals surface area contributed by atoms with Gasteiger partial charge in [-0.1, -0.05) is 13.3 Å². The van der Waals surface area contributed by atoms with Crippen LogP contribution < -0.4 is 0 Å². The highest BCUT2D eigenvalue weighted by molar-refractivity contribution is 5.80. The number of carbonyl (C=O) groups is 1. The third-order valence-electron chi connectivity index (χ3n) is 3.34. The molecule has 11 heavy (non-hydrogen) atoms. The molecular formula is C10H16O. The summed E-state index contributed by atoms with van der Waals surface area (Å²) in [5.41, 5.74) is 0.524. The lowest BCUT2D eigenvalue weighted by atomic mass is 9.77. The van der Waals surface area contributed by atoms with Gasteiger partial charge in [0.05, 0.1) is 0 Å². The van der Waals surface area contributed by atoms with Crippen molar-refractivity contribution in [2.45, 2.75) is 45.4 Å². The number of rotatable bonds is 1. The van der Waals surface area contributed by atoms with Gasteiger partial charge in [-0.3, -0.25) is 4.79 Å². The summed E-state index contributed by atoms with van der Waals surface area (Å²) in [5, 5.41) is 0. The first-order chi connectivity index (χ1) is 5.24. The molecular weight excluding hydrogens is 136 g/mol. The van der Waals surface area contributed by atoms with Crippen molar-refractivity contribution >= 4 is 5.78 Å². The maximum atomic E-state index is 11.3. The minimum Gasteiger partial charge on any atom is -0.300 e. The van der Waals surface area contributed by atoms with Gasteiger partial charge in [-0.15, -0.1) is 0 Å². The summed E-state index contributed by atoms with van der Waals surface area (Å²) in [6.07, 6.45) is 6.98. The first-order valence-electron chi connectivity index (χ1n) is 4.76. The molecule has 0 bridgehead atoms. The monoisotopic (exact) mass is 152 g/mol. The van der Waals surface area contributed by atoms with Crippen LogP contribution in [0.4, 0.5) is 0 Å². The Labute approximate surface area is 68.2 Å². The van der Waals surface area contributed by atoms with Crippen molar-refractivity contribution in [1.82, 2.24) is 0 Å². The molecule has 2 aliphatic rings. The van der Waals surface area contributed by atoms with Crippen LogP contribution in [-0.4, -0.2) is 5.78 Å². The van der Waals surface area contributed by atoms with Gasteiger partial charge in [0.15, 0.2) is 0 Å². The summed E-state index contributed by atoms with van der Waals surface area (Å²) in [7, 11) is 0. The van der Waals surface area contributed by atoms with Crippen LogP contribution in [0.25, 0.3) is 0 Å². The summed E-state index contributed by atoms with van der Waals surface area (Å²) in [6, 6.07) is 0. The van der Waals surface area contributed by atoms with Crippen molar-refractivity contribution in [3.8, 4) is 0 Å². The Morgan fingerprint density at radius 1 is 1.55 bits per heavy atom. The van der Waals surface area contributed by atoms with Crippen molar-refractivity contribution in [3.63, 3.8) is 0 Å². The zero-order chi connectivity index (χ0) is 7.90. The van der Waals surface area contributed by atoms with Crippen molar-refractivity contribution in [2.75, 3.05) is 0 Å². The average Bonchev–Trinajstić information content (AvgIpc) is 2.67. The molecule has 0 radical (unpaired) electrons. The van der Waals surface area contributed by atoms with Gasteiger partial charge in [0.1, 0.15) is 5.78 Å². The predicted octanol–water partition coefficient (Wildman–Crippen LogP) is 2.55. The van der Waals surface area contributed by atoms with Crippen LogP contribution in [-0.2, 0) is 4.79 Å². The zero-order valence-electron chi connectivity index (χ0n) is 7.23. The van der Waals surface area contributed by atoms with Crippen molar-refractivity contribution in [2.24, 2.45) is 11.3 Å². The van der Waals surface area contributed by atoms with E-state index in [1.807, 2.05) is 0 Å². The minimum atomic E-state index is 0.524. The fraction of sp³-hybridized carbons (Fsp3) is 0.900. The normalized spacial score (nSPS) is 34.3. The van der Waals surface area contributed by atoms with Crippen LogP contribution in [0, 0.1) is 11.3 Å². The molecule has 0 aromatic heterocycles. The molecule has 1 nitrogen and oxygen atoms in total. The second-order valence-electron chi connectivity index (χ2n) is 4.40. The molecule has 0 aliphatic heterocycles. The first kappa shape index (κ1) is 7.33. The lowest BCUT2D eigenvalue weighted by Crippen LogP contribution is -2.23. The van der Waals surface area contributed by atoms with Crippen molar-refractivity contribution in [1.29, 1.82) is 0 Å². The molecule has 62 valence electrons. The van der Waals surface area contributed by atoms with Crippen LogP contribution >= 0.6 is 0 Å². The number of hydrogen-bond donors (Lipinski definition) is 0. The Hall–Kier alpha value is -0.330. The van der Waals surface area contributed by atoms with Crippen LogP contribution in [0.15, 0.2) is 0 Å². The van der Waals surface area contributed by atoms with E-state index in [2.05, 4.69) is 6.92 Å². The molecule has 2 saturated carbocycles. The predicted molar refractivity (Wildman–Crippen MR) is 44.3 cm³/mol. The molecule has 0 aromatic carbocycles. The molecule has 0 amide bonds. The molecule has 2 fully saturated rings. The summed E-state index contributed by atoms with van der Waals surface area (Å²) >= 11 is 0. The van der Waals surface area contributed by atoms with Crippen molar-refractivity contribution < 1.29 is 4.79 Å². The van der Waals surface area contributed by atoms with Gasteiger partial charge in [0.25, 0.3) is 0 Å². The Kier molecular flexibility index (Phi) is 1.55. The summed E-state index contributed by atoms with van der Waals surface area (Å²) in [5.74, 6) is 1.25. The van der Waals surface area contributed by atoms with Crippen LogP contribution in [0.2, 0.25) is 0 Å². The SMILES string of the molecule is CCC1CC(=O)CC2(CC2)C1. The van der Waals surface area contributed by atoms with E-state index in [0.29, 0.717) is 11.2 Å². The van der Waals surface area contributed by atoms with Crippen molar-refractivity contribution in [3.05, 3.63) is 0 Å². The summed E-state index contributed by atoms with van der Waals surface area (Å²) in [6.45, 7) is 2.21. The van der Waals surface area contributed by atoms with Crippen LogP contribution in [0.5, 0.6) is 0 Å². The molecule has 1 unspecified atom stereocenters. The molecule has 2 aliphatic carbocycles. The zero-order valence-corrected chi connectivity index (χ0v) is 7.23. The van der Waals surface area contributed by atoms with E-state index >= 15 is 0 Å². The lowest BCUT2D eigenvalue weighted by Gasteiger charge is -2.27. The lowest BCUT2D eigenvalue weighted by molar-refractivity contribution is -0.123. The molecule has 0 N–H and O–H groups in total. The van der Waals surface area contributed by atoms with E-state index in [9.17, 15) is 4.79 Å². The molecule has 1 heteroatoms. The summed E-state index contributed by atoms with van der Waals surface area (Å²) < 4.78 is 0. The highest BCUT2D eigenvalue weighted by Crippen LogP contribution is 2.56. The van der Waals surface area contributed by atoms with E-state index in [4.69, 9.17) is 0 Å². The molecule has 0 aromatic rings. The van der Waals surface area contributed by atoms with E-state index in [1.165, 1.54) is 25.7 Å². The van der Waals surface area contributed by atoms with Gasteiger partial charge >= 0.3 is 0 Å². The first-order valence-corrected chi connectivity index (χ1v) is 4.76. The maximum absolute atomic E-state index is 11.3. The van der Waals surface area contributed by atoms with E-state index in [-0.39, 0.29) is 0 Å². The molecule has 0 heterocycles. The van der Waals surface area contributed by atoms with Gasteiger partial charge in [-0.05, 0) is 30.6 Å². The molecule has 0 saturated heterocycles. The summed E-state index contributed by atoms with van der Waals surface area (Å²) in [4.78, 5) is 11.3. The molecule has 1 atom stereocenters. The second-order valence-corrected chi connectivity index (χ2v) is 4.40. The highest BCUT2D eigenvalue weighted by Gasteiger charge is 2.47. The fourth-order valence-corrected chi connectivity index (χ4v) is 2.42. The van der Waals surface area contributed by atoms with Gasteiger partial charge in [0, 0.05) is 12.8 Å². The average molecular weight is 152 g/mol. The van der Waals surface area contributed by atoms with Gasteiger partial charge in [-0.25, -0.2) is 0 Å². The highest BCUT2D eigenvalue weighted by atomic mass is 16.1. The van der Waals surface area contributed by atoms with Crippen LogP contribution in [0.1, 0.15) is 45.4 Å². The van der Waals surface area contributed by atoms with Gasteiger partial charge in [-0.2, -0.15) is 0 Å². The third kappa shape index (κ3) is 1.33. The number of hydrogen-bond acceptors (Lipinski definition) is 1. The number of ketones is 1. The Morgan fingerprint density at radius 2 is 2.27 bits per heavy atom. The Morgan fingerprint density at radius 3 is 2.82 bits per heavy atom. The van der Waals surface area contributed by atoms with Crippen LogP contribution in [0.3, 0.4) is 0 Å². The van der Waals surface area contributed by atoms with E-state index < -0.39 is 0 Å². The number of Topliss-reactive ketones (excluding diaryl/α,β-unsaturated/α-hetero) is 1.